The number of piperidine rings is 1. The Kier molecular flexibility index (Phi) is 5.89. The van der Waals surface area contributed by atoms with Gasteiger partial charge in [0.25, 0.3) is 0 Å². The second-order valence-electron chi connectivity index (χ2n) is 8.73. The molecule has 1 spiro atoms. The molecule has 4 nitrogen and oxygen atoms in total. The molecule has 2 aliphatic rings. The normalized spacial score (nSPS) is 25.1. The number of methoxy groups -OCH3 is 1. The molecule has 166 valence electrons. The predicted molar refractivity (Wildman–Crippen MR) is 127 cm³/mol. The van der Waals surface area contributed by atoms with E-state index in [4.69, 9.17) is 37.7 Å². The fourth-order valence-corrected chi connectivity index (χ4v) is 5.77. The van der Waals surface area contributed by atoms with Crippen molar-refractivity contribution in [2.24, 2.45) is 5.92 Å². The van der Waals surface area contributed by atoms with Gasteiger partial charge in [0.2, 0.25) is 0 Å². The molecule has 32 heavy (non-hydrogen) atoms. The maximum atomic E-state index is 6.88. The molecule has 2 aromatic carbocycles. The van der Waals surface area contributed by atoms with Gasteiger partial charge < -0.3 is 9.47 Å². The molecular weight excluding hydrogens is 443 g/mol. The number of rotatable bonds is 4. The summed E-state index contributed by atoms with van der Waals surface area (Å²) in [5, 5.41) is 1.23. The highest BCUT2D eigenvalue weighted by Crippen LogP contribution is 2.53. The van der Waals surface area contributed by atoms with E-state index in [1.807, 2.05) is 36.5 Å². The highest BCUT2D eigenvalue weighted by molar-refractivity contribution is 6.34. The lowest BCUT2D eigenvalue weighted by Gasteiger charge is -2.44. The number of ether oxygens (including phenoxy) is 2. The van der Waals surface area contributed by atoms with E-state index in [1.54, 1.807) is 13.2 Å². The number of para-hydroxylation sites is 1. The maximum Gasteiger partial charge on any atom is 0.123 e. The van der Waals surface area contributed by atoms with Crippen molar-refractivity contribution in [1.29, 1.82) is 0 Å². The highest BCUT2D eigenvalue weighted by atomic mass is 35.5. The molecular formula is C26H26Cl2N2O2. The van der Waals surface area contributed by atoms with Crippen LogP contribution in [0, 0.1) is 5.92 Å². The molecule has 3 heterocycles. The SMILES string of the molecule is COc1ccccc1CN1CCC2(OC(c3cc(Cl)cc(Cl)c3)c3cccnc32)C(C)C1. The van der Waals surface area contributed by atoms with E-state index < -0.39 is 5.60 Å². The summed E-state index contributed by atoms with van der Waals surface area (Å²) in [5.41, 5.74) is 3.90. The summed E-state index contributed by atoms with van der Waals surface area (Å²) >= 11 is 12.6. The third-order valence-corrected chi connectivity index (χ3v) is 7.19. The molecule has 0 bridgehead atoms. The van der Waals surface area contributed by atoms with E-state index in [1.165, 1.54) is 5.56 Å². The second-order valence-corrected chi connectivity index (χ2v) is 9.60. The quantitative estimate of drug-likeness (QED) is 0.452. The fraction of sp³-hybridized carbons (Fsp3) is 0.346. The van der Waals surface area contributed by atoms with Gasteiger partial charge in [-0.05, 0) is 42.3 Å². The number of likely N-dealkylation sites (tertiary alicyclic amines) is 1. The highest BCUT2D eigenvalue weighted by Gasteiger charge is 2.52. The number of benzene rings is 2. The standard InChI is InChI=1S/C26H26Cl2N2O2/c1-17-15-30(16-18-6-3-4-8-23(18)31-2)11-9-26(17)25-22(7-5-10-29-25)24(32-26)19-12-20(27)14-21(28)13-19/h3-8,10,12-14,17,24H,9,11,15-16H2,1-2H3. The zero-order valence-corrected chi connectivity index (χ0v) is 19.7. The molecule has 1 fully saturated rings. The van der Waals surface area contributed by atoms with E-state index in [0.717, 1.165) is 48.6 Å². The van der Waals surface area contributed by atoms with Gasteiger partial charge in [0.05, 0.1) is 12.8 Å². The summed E-state index contributed by atoms with van der Waals surface area (Å²) < 4.78 is 12.4. The van der Waals surface area contributed by atoms with Crippen LogP contribution in [0.15, 0.2) is 60.8 Å². The van der Waals surface area contributed by atoms with Gasteiger partial charge in [0, 0.05) is 52.9 Å². The predicted octanol–water partition coefficient (Wildman–Crippen LogP) is 6.25. The van der Waals surface area contributed by atoms with Gasteiger partial charge in [-0.2, -0.15) is 0 Å². The summed E-state index contributed by atoms with van der Waals surface area (Å²) in [4.78, 5) is 7.29. The summed E-state index contributed by atoms with van der Waals surface area (Å²) in [6.45, 7) is 4.95. The van der Waals surface area contributed by atoms with Gasteiger partial charge in [-0.15, -0.1) is 0 Å². The average molecular weight is 469 g/mol. The molecule has 0 amide bonds. The van der Waals surface area contributed by atoms with Crippen LogP contribution in [0.2, 0.25) is 10.0 Å². The molecule has 3 aromatic rings. The first kappa shape index (κ1) is 21.7. The van der Waals surface area contributed by atoms with E-state index in [0.29, 0.717) is 10.0 Å². The lowest BCUT2D eigenvalue weighted by molar-refractivity contribution is -0.133. The number of nitrogens with zero attached hydrogens (tertiary/aromatic N) is 2. The fourth-order valence-electron chi connectivity index (χ4n) is 5.23. The molecule has 6 heteroatoms. The van der Waals surface area contributed by atoms with Crippen molar-refractivity contribution < 1.29 is 9.47 Å². The van der Waals surface area contributed by atoms with Crippen LogP contribution >= 0.6 is 23.2 Å². The lowest BCUT2D eigenvalue weighted by Crippen LogP contribution is -2.49. The Bertz CT molecular complexity index is 1120. The van der Waals surface area contributed by atoms with Crippen LogP contribution in [0.3, 0.4) is 0 Å². The molecule has 3 atom stereocenters. The minimum absolute atomic E-state index is 0.224. The van der Waals surface area contributed by atoms with Crippen molar-refractivity contribution in [2.45, 2.75) is 31.6 Å². The zero-order valence-electron chi connectivity index (χ0n) is 18.2. The molecule has 0 saturated carbocycles. The van der Waals surface area contributed by atoms with Crippen molar-refractivity contribution in [2.75, 3.05) is 20.2 Å². The van der Waals surface area contributed by atoms with Crippen molar-refractivity contribution in [3.05, 3.63) is 93.2 Å². The third kappa shape index (κ3) is 3.80. The first-order valence-electron chi connectivity index (χ1n) is 10.9. The summed E-state index contributed by atoms with van der Waals surface area (Å²) in [7, 11) is 1.73. The van der Waals surface area contributed by atoms with Crippen LogP contribution in [0.4, 0.5) is 0 Å². The lowest BCUT2D eigenvalue weighted by atomic mass is 9.79. The molecule has 3 unspecified atom stereocenters. The number of aromatic nitrogens is 1. The molecule has 1 saturated heterocycles. The molecule has 2 aliphatic heterocycles. The summed E-state index contributed by atoms with van der Waals surface area (Å²) in [6.07, 6.45) is 2.52. The smallest absolute Gasteiger partial charge is 0.123 e. The minimum atomic E-state index is -0.423. The summed E-state index contributed by atoms with van der Waals surface area (Å²) in [6, 6.07) is 17.9. The van der Waals surface area contributed by atoms with E-state index in [-0.39, 0.29) is 12.0 Å². The number of hydrogen-bond acceptors (Lipinski definition) is 4. The van der Waals surface area contributed by atoms with E-state index >= 15 is 0 Å². The van der Waals surface area contributed by atoms with Gasteiger partial charge in [-0.1, -0.05) is 54.4 Å². The van der Waals surface area contributed by atoms with Crippen molar-refractivity contribution in [3.8, 4) is 5.75 Å². The first-order chi connectivity index (χ1) is 15.5. The van der Waals surface area contributed by atoms with E-state index in [2.05, 4.69) is 30.0 Å². The molecule has 5 rings (SSSR count). The Balaban J connectivity index is 1.43. The first-order valence-corrected chi connectivity index (χ1v) is 11.7. The molecule has 0 N–H and O–H groups in total. The topological polar surface area (TPSA) is 34.6 Å². The number of hydrogen-bond donors (Lipinski definition) is 0. The maximum absolute atomic E-state index is 6.88. The Morgan fingerprint density at radius 3 is 2.66 bits per heavy atom. The van der Waals surface area contributed by atoms with Gasteiger partial charge in [0.15, 0.2) is 0 Å². The van der Waals surface area contributed by atoms with Gasteiger partial charge >= 0.3 is 0 Å². The van der Waals surface area contributed by atoms with Crippen LogP contribution in [0.25, 0.3) is 0 Å². The number of halogens is 2. The van der Waals surface area contributed by atoms with Gasteiger partial charge in [-0.25, -0.2) is 0 Å². The monoisotopic (exact) mass is 468 g/mol. The van der Waals surface area contributed by atoms with Gasteiger partial charge in [-0.3, -0.25) is 9.88 Å². The second kappa shape index (κ2) is 8.68. The molecule has 0 aliphatic carbocycles. The van der Waals surface area contributed by atoms with Crippen molar-refractivity contribution in [1.82, 2.24) is 9.88 Å². The van der Waals surface area contributed by atoms with Crippen LogP contribution in [0.1, 0.15) is 41.8 Å². The Morgan fingerprint density at radius 2 is 1.91 bits per heavy atom. The summed E-state index contributed by atoms with van der Waals surface area (Å²) in [5.74, 6) is 1.20. The zero-order chi connectivity index (χ0) is 22.3. The largest absolute Gasteiger partial charge is 0.496 e. The van der Waals surface area contributed by atoms with Crippen LogP contribution in [-0.2, 0) is 16.9 Å². The van der Waals surface area contributed by atoms with Crippen LogP contribution < -0.4 is 4.74 Å². The average Bonchev–Trinajstić information content (AvgIpc) is 3.12. The van der Waals surface area contributed by atoms with Crippen LogP contribution in [0.5, 0.6) is 5.75 Å². The Morgan fingerprint density at radius 1 is 1.12 bits per heavy atom. The number of pyridine rings is 1. The molecule has 1 aromatic heterocycles. The molecule has 0 radical (unpaired) electrons. The number of fused-ring (bicyclic) bond motifs is 2. The Hall–Kier alpha value is -2.11. The third-order valence-electron chi connectivity index (χ3n) is 6.75. The van der Waals surface area contributed by atoms with Crippen molar-refractivity contribution in [3.63, 3.8) is 0 Å². The minimum Gasteiger partial charge on any atom is -0.496 e. The van der Waals surface area contributed by atoms with E-state index in [9.17, 15) is 0 Å². The van der Waals surface area contributed by atoms with Crippen LogP contribution in [-0.4, -0.2) is 30.1 Å². The Labute approximate surface area is 199 Å². The van der Waals surface area contributed by atoms with Crippen molar-refractivity contribution >= 4 is 23.2 Å². The van der Waals surface area contributed by atoms with Gasteiger partial charge in [0.1, 0.15) is 17.5 Å².